The molecule has 0 saturated carbocycles. The van der Waals surface area contributed by atoms with E-state index in [-0.39, 0.29) is 5.91 Å². The summed E-state index contributed by atoms with van der Waals surface area (Å²) in [5.74, 6) is 1.06. The van der Waals surface area contributed by atoms with Crippen LogP contribution in [0, 0.1) is 0 Å². The number of H-pyrrole nitrogens is 1. The van der Waals surface area contributed by atoms with Crippen molar-refractivity contribution in [3.63, 3.8) is 0 Å². The number of amides is 1. The molecule has 0 aliphatic heterocycles. The van der Waals surface area contributed by atoms with Crippen molar-refractivity contribution in [1.29, 1.82) is 0 Å². The Morgan fingerprint density at radius 3 is 2.46 bits per heavy atom. The fourth-order valence-electron chi connectivity index (χ4n) is 3.46. The number of aryl methyl sites for hydroxylation is 1. The number of rotatable bonds is 8. The van der Waals surface area contributed by atoms with Crippen molar-refractivity contribution >= 4 is 16.8 Å². The van der Waals surface area contributed by atoms with Gasteiger partial charge in [0, 0.05) is 23.6 Å². The first-order valence-electron chi connectivity index (χ1n) is 9.29. The molecule has 0 fully saturated rings. The van der Waals surface area contributed by atoms with Gasteiger partial charge < -0.3 is 24.5 Å². The molecular formula is C22H26N2O4. The zero-order chi connectivity index (χ0) is 20.1. The molecule has 0 saturated heterocycles. The fraction of sp³-hybridized carbons (Fsp3) is 0.318. The summed E-state index contributed by atoms with van der Waals surface area (Å²) in [5.41, 5.74) is 4.06. The first-order chi connectivity index (χ1) is 13.6. The molecule has 1 heterocycles. The lowest BCUT2D eigenvalue weighted by atomic mass is 10.1. The molecule has 2 aromatic carbocycles. The van der Waals surface area contributed by atoms with E-state index in [2.05, 4.69) is 35.4 Å². The number of hydrogen-bond donors (Lipinski definition) is 2. The Balaban J connectivity index is 1.73. The van der Waals surface area contributed by atoms with E-state index in [0.29, 0.717) is 29.4 Å². The summed E-state index contributed by atoms with van der Waals surface area (Å²) in [5, 5.41) is 4.17. The second kappa shape index (κ2) is 8.69. The van der Waals surface area contributed by atoms with Gasteiger partial charge in [0.05, 0.1) is 26.9 Å². The summed E-state index contributed by atoms with van der Waals surface area (Å²) < 4.78 is 16.0. The molecule has 1 amide bonds. The van der Waals surface area contributed by atoms with Gasteiger partial charge in [-0.15, -0.1) is 0 Å². The number of benzene rings is 2. The lowest BCUT2D eigenvalue weighted by Crippen LogP contribution is -2.26. The highest BCUT2D eigenvalue weighted by Gasteiger charge is 2.20. The molecule has 148 valence electrons. The van der Waals surface area contributed by atoms with Crippen LogP contribution in [0.1, 0.15) is 28.4 Å². The highest BCUT2D eigenvalue weighted by Crippen LogP contribution is 2.39. The minimum Gasteiger partial charge on any atom is -0.493 e. The van der Waals surface area contributed by atoms with Crippen LogP contribution in [0.15, 0.2) is 36.5 Å². The molecule has 0 radical (unpaired) electrons. The summed E-state index contributed by atoms with van der Waals surface area (Å²) in [6, 6.07) is 9.69. The Hall–Kier alpha value is -3.15. The van der Waals surface area contributed by atoms with Crippen LogP contribution in [0.3, 0.4) is 0 Å². The number of hydrogen-bond acceptors (Lipinski definition) is 4. The molecule has 0 spiro atoms. The van der Waals surface area contributed by atoms with Crippen molar-refractivity contribution in [1.82, 2.24) is 10.3 Å². The molecule has 0 bridgehead atoms. The molecule has 1 aromatic heterocycles. The van der Waals surface area contributed by atoms with Crippen molar-refractivity contribution < 1.29 is 19.0 Å². The summed E-state index contributed by atoms with van der Waals surface area (Å²) in [6.45, 7) is 2.66. The van der Waals surface area contributed by atoms with Gasteiger partial charge in [0.1, 0.15) is 0 Å². The number of methoxy groups -OCH3 is 3. The van der Waals surface area contributed by atoms with E-state index >= 15 is 0 Å². The van der Waals surface area contributed by atoms with Crippen molar-refractivity contribution in [2.45, 2.75) is 19.8 Å². The van der Waals surface area contributed by atoms with Crippen molar-refractivity contribution in [2.75, 3.05) is 27.9 Å². The number of fused-ring (bicyclic) bond motifs is 1. The number of aromatic amines is 1. The summed E-state index contributed by atoms with van der Waals surface area (Å²) in [7, 11) is 4.57. The van der Waals surface area contributed by atoms with Gasteiger partial charge >= 0.3 is 0 Å². The van der Waals surface area contributed by atoms with E-state index in [0.717, 1.165) is 12.8 Å². The first-order valence-corrected chi connectivity index (χ1v) is 9.29. The van der Waals surface area contributed by atoms with Crippen LogP contribution >= 0.6 is 0 Å². The molecule has 2 N–H and O–H groups in total. The molecule has 0 aliphatic carbocycles. The second-order valence-corrected chi connectivity index (χ2v) is 6.39. The predicted molar refractivity (Wildman–Crippen MR) is 110 cm³/mol. The third-order valence-electron chi connectivity index (χ3n) is 4.90. The van der Waals surface area contributed by atoms with Gasteiger partial charge in [-0.25, -0.2) is 0 Å². The Bertz CT molecular complexity index is 978. The minimum atomic E-state index is -0.216. The molecule has 0 unspecified atom stereocenters. The maximum absolute atomic E-state index is 12.7. The van der Waals surface area contributed by atoms with Crippen LogP contribution in [0.4, 0.5) is 0 Å². The summed E-state index contributed by atoms with van der Waals surface area (Å²) >= 11 is 0. The van der Waals surface area contributed by atoms with Crippen molar-refractivity contribution in [3.8, 4) is 17.2 Å². The van der Waals surface area contributed by atoms with Crippen LogP contribution in [0.5, 0.6) is 17.2 Å². The highest BCUT2D eigenvalue weighted by atomic mass is 16.5. The fourth-order valence-corrected chi connectivity index (χ4v) is 3.46. The van der Waals surface area contributed by atoms with Crippen LogP contribution in [0.2, 0.25) is 0 Å². The van der Waals surface area contributed by atoms with E-state index < -0.39 is 0 Å². The topological polar surface area (TPSA) is 72.6 Å². The Labute approximate surface area is 164 Å². The van der Waals surface area contributed by atoms with Gasteiger partial charge in [0.25, 0.3) is 5.91 Å². The smallest absolute Gasteiger partial charge is 0.255 e. The lowest BCUT2D eigenvalue weighted by molar-refractivity contribution is 0.0950. The molecule has 6 heteroatoms. The van der Waals surface area contributed by atoms with Crippen LogP contribution < -0.4 is 19.5 Å². The quantitative estimate of drug-likeness (QED) is 0.623. The maximum Gasteiger partial charge on any atom is 0.255 e. The van der Waals surface area contributed by atoms with Crippen LogP contribution in [-0.4, -0.2) is 38.8 Å². The van der Waals surface area contributed by atoms with Crippen molar-refractivity contribution in [2.24, 2.45) is 0 Å². The monoisotopic (exact) mass is 382 g/mol. The largest absolute Gasteiger partial charge is 0.493 e. The Morgan fingerprint density at radius 1 is 1.00 bits per heavy atom. The Morgan fingerprint density at radius 2 is 1.79 bits per heavy atom. The number of para-hydroxylation sites is 1. The van der Waals surface area contributed by atoms with Gasteiger partial charge in [-0.05, 0) is 36.1 Å². The van der Waals surface area contributed by atoms with Gasteiger partial charge in [-0.2, -0.15) is 0 Å². The number of ether oxygens (including phenoxy) is 3. The molecular weight excluding hydrogens is 356 g/mol. The number of carbonyl (C=O) groups excluding carboxylic acids is 1. The molecule has 3 rings (SSSR count). The van der Waals surface area contributed by atoms with E-state index in [1.807, 2.05) is 6.20 Å². The molecule has 6 nitrogen and oxygen atoms in total. The minimum absolute atomic E-state index is 0.216. The highest BCUT2D eigenvalue weighted by molar-refractivity contribution is 5.98. The summed E-state index contributed by atoms with van der Waals surface area (Å²) in [4.78, 5) is 16.0. The average Bonchev–Trinajstić information content (AvgIpc) is 3.15. The summed E-state index contributed by atoms with van der Waals surface area (Å²) in [6.07, 6.45) is 3.73. The second-order valence-electron chi connectivity index (χ2n) is 6.39. The SMILES string of the molecule is CCc1cccc2c(CCNC(=O)c3ccc(OC)c(OC)c3OC)c[nH]c12. The van der Waals surface area contributed by atoms with Crippen LogP contribution in [0.25, 0.3) is 10.9 Å². The third-order valence-corrected chi connectivity index (χ3v) is 4.90. The van der Waals surface area contributed by atoms with E-state index in [1.165, 1.54) is 36.2 Å². The number of carbonyl (C=O) groups is 1. The van der Waals surface area contributed by atoms with Gasteiger partial charge in [0.15, 0.2) is 11.5 Å². The predicted octanol–water partition coefficient (Wildman–Crippen LogP) is 3.73. The standard InChI is InChI=1S/C22H26N2O4/c1-5-14-7-6-8-16-15(13-24-19(14)16)11-12-23-22(25)17-9-10-18(26-2)21(28-4)20(17)27-3/h6-10,13,24H,5,11-12H2,1-4H3,(H,23,25). The molecule has 3 aromatic rings. The molecule has 28 heavy (non-hydrogen) atoms. The first kappa shape index (κ1) is 19.6. The zero-order valence-electron chi connectivity index (χ0n) is 16.7. The third kappa shape index (κ3) is 3.63. The van der Waals surface area contributed by atoms with Gasteiger partial charge in [0.2, 0.25) is 5.75 Å². The number of nitrogens with one attached hydrogen (secondary N) is 2. The van der Waals surface area contributed by atoms with Gasteiger partial charge in [-0.1, -0.05) is 25.1 Å². The maximum atomic E-state index is 12.7. The molecule has 0 aliphatic rings. The molecule has 0 atom stereocenters. The normalized spacial score (nSPS) is 10.7. The number of aromatic nitrogens is 1. The van der Waals surface area contributed by atoms with E-state index in [9.17, 15) is 4.79 Å². The van der Waals surface area contributed by atoms with Crippen LogP contribution in [-0.2, 0) is 12.8 Å². The average molecular weight is 382 g/mol. The van der Waals surface area contributed by atoms with Gasteiger partial charge in [-0.3, -0.25) is 4.79 Å². The zero-order valence-corrected chi connectivity index (χ0v) is 16.7. The Kier molecular flexibility index (Phi) is 6.09. The lowest BCUT2D eigenvalue weighted by Gasteiger charge is -2.15. The van der Waals surface area contributed by atoms with E-state index in [4.69, 9.17) is 14.2 Å². The van der Waals surface area contributed by atoms with E-state index in [1.54, 1.807) is 19.2 Å². The van der Waals surface area contributed by atoms with Crippen molar-refractivity contribution in [3.05, 3.63) is 53.2 Å².